The Balaban J connectivity index is 2.01. The number of amides is 1. The zero-order chi connectivity index (χ0) is 15.1. The molecule has 0 radical (unpaired) electrons. The quantitative estimate of drug-likeness (QED) is 0.866. The number of rotatable bonds is 4. The van der Waals surface area contributed by atoms with E-state index in [-0.39, 0.29) is 24.3 Å². The van der Waals surface area contributed by atoms with E-state index in [9.17, 15) is 9.59 Å². The molecular formula is C17H21NO3. The van der Waals surface area contributed by atoms with Crippen LogP contribution in [0, 0.1) is 0 Å². The van der Waals surface area contributed by atoms with Crippen LogP contribution in [0.2, 0.25) is 0 Å². The van der Waals surface area contributed by atoms with Gasteiger partial charge in [-0.25, -0.2) is 0 Å². The van der Waals surface area contributed by atoms with Gasteiger partial charge in [0.25, 0.3) is 0 Å². The Hall–Kier alpha value is -2.10. The average Bonchev–Trinajstić information content (AvgIpc) is 2.69. The van der Waals surface area contributed by atoms with E-state index >= 15 is 0 Å². The second-order valence-corrected chi connectivity index (χ2v) is 5.28. The zero-order valence-corrected chi connectivity index (χ0v) is 12.3. The fraction of sp³-hybridized carbons (Fsp3) is 0.412. The molecule has 0 bridgehead atoms. The van der Waals surface area contributed by atoms with E-state index in [0.29, 0.717) is 6.42 Å². The van der Waals surface area contributed by atoms with E-state index in [1.807, 2.05) is 36.4 Å². The van der Waals surface area contributed by atoms with Crippen LogP contribution in [0.15, 0.2) is 30.3 Å². The normalized spacial score (nSPS) is 19.1. The predicted octanol–water partition coefficient (Wildman–Crippen LogP) is 2.47. The molecule has 1 amide bonds. The molecule has 21 heavy (non-hydrogen) atoms. The lowest BCUT2D eigenvalue weighted by Gasteiger charge is -2.10. The first-order valence-corrected chi connectivity index (χ1v) is 7.30. The minimum atomic E-state index is -0.243. The van der Waals surface area contributed by atoms with Crippen molar-refractivity contribution in [3.8, 4) is 0 Å². The van der Waals surface area contributed by atoms with Crippen molar-refractivity contribution in [2.75, 3.05) is 7.11 Å². The first kappa shape index (κ1) is 15.3. The molecule has 0 aromatic heterocycles. The van der Waals surface area contributed by atoms with E-state index in [4.69, 9.17) is 0 Å². The number of carbonyl (C=O) groups is 2. The van der Waals surface area contributed by atoms with Gasteiger partial charge in [0.2, 0.25) is 5.91 Å². The Morgan fingerprint density at radius 1 is 1.43 bits per heavy atom. The molecule has 1 saturated heterocycles. The number of ether oxygens (including phenoxy) is 1. The maximum atomic E-state index is 11.5. The number of methoxy groups -OCH3 is 1. The Morgan fingerprint density at radius 2 is 2.29 bits per heavy atom. The summed E-state index contributed by atoms with van der Waals surface area (Å²) in [7, 11) is 1.39. The third kappa shape index (κ3) is 5.06. The molecule has 1 heterocycles. The number of hydrogen-bond acceptors (Lipinski definition) is 3. The first-order valence-electron chi connectivity index (χ1n) is 7.30. The third-order valence-corrected chi connectivity index (χ3v) is 3.56. The first-order chi connectivity index (χ1) is 10.2. The predicted molar refractivity (Wildman–Crippen MR) is 81.6 cm³/mol. The van der Waals surface area contributed by atoms with Crippen LogP contribution in [0.4, 0.5) is 0 Å². The fourth-order valence-electron chi connectivity index (χ4n) is 2.42. The Bertz CT molecular complexity index is 537. The number of carbonyl (C=O) groups excluding carboxylic acids is 2. The highest BCUT2D eigenvalue weighted by Crippen LogP contribution is 2.13. The largest absolute Gasteiger partial charge is 0.469 e. The molecular weight excluding hydrogens is 266 g/mol. The van der Waals surface area contributed by atoms with Gasteiger partial charge in [-0.15, -0.1) is 0 Å². The average molecular weight is 287 g/mol. The molecule has 1 atom stereocenters. The van der Waals surface area contributed by atoms with Crippen molar-refractivity contribution in [1.82, 2.24) is 5.32 Å². The molecule has 1 aromatic rings. The lowest BCUT2D eigenvalue weighted by atomic mass is 10.1. The Kier molecular flexibility index (Phi) is 5.55. The summed E-state index contributed by atoms with van der Waals surface area (Å²) in [5.74, 6) is -0.117. The second-order valence-electron chi connectivity index (χ2n) is 5.28. The van der Waals surface area contributed by atoms with Crippen molar-refractivity contribution >= 4 is 18.0 Å². The zero-order valence-electron chi connectivity index (χ0n) is 12.3. The molecule has 1 aliphatic rings. The van der Waals surface area contributed by atoms with Gasteiger partial charge in [-0.1, -0.05) is 42.8 Å². The van der Waals surface area contributed by atoms with Gasteiger partial charge < -0.3 is 10.1 Å². The Labute approximate surface area is 125 Å². The summed E-state index contributed by atoms with van der Waals surface area (Å²) in [5.41, 5.74) is 1.95. The lowest BCUT2D eigenvalue weighted by molar-refractivity contribution is -0.139. The molecule has 1 N–H and O–H groups in total. The molecule has 1 aliphatic heterocycles. The van der Waals surface area contributed by atoms with Crippen LogP contribution in [-0.4, -0.2) is 25.0 Å². The van der Waals surface area contributed by atoms with Crippen molar-refractivity contribution in [3.05, 3.63) is 41.5 Å². The highest BCUT2D eigenvalue weighted by Gasteiger charge is 2.13. The number of nitrogens with one attached hydrogen (secondary N) is 1. The van der Waals surface area contributed by atoms with Crippen LogP contribution in [0.5, 0.6) is 0 Å². The van der Waals surface area contributed by atoms with Crippen LogP contribution in [0.1, 0.15) is 36.8 Å². The number of benzene rings is 1. The highest BCUT2D eigenvalue weighted by molar-refractivity contribution is 5.77. The van der Waals surface area contributed by atoms with Crippen molar-refractivity contribution in [3.63, 3.8) is 0 Å². The van der Waals surface area contributed by atoms with E-state index < -0.39 is 0 Å². The van der Waals surface area contributed by atoms with Gasteiger partial charge in [-0.2, -0.15) is 0 Å². The monoisotopic (exact) mass is 287 g/mol. The molecule has 1 unspecified atom stereocenters. The SMILES string of the molecule is COC(=O)Cc1cccc(/C=C\C2CCCCC(=O)N2)c1. The van der Waals surface area contributed by atoms with Gasteiger partial charge in [-0.3, -0.25) is 9.59 Å². The van der Waals surface area contributed by atoms with E-state index in [2.05, 4.69) is 10.1 Å². The minimum Gasteiger partial charge on any atom is -0.469 e. The van der Waals surface area contributed by atoms with Crippen LogP contribution in [0.25, 0.3) is 6.08 Å². The molecule has 0 saturated carbocycles. The Morgan fingerprint density at radius 3 is 3.10 bits per heavy atom. The smallest absolute Gasteiger partial charge is 0.309 e. The summed E-state index contributed by atoms with van der Waals surface area (Å²) in [6, 6.07) is 7.87. The molecule has 112 valence electrons. The summed E-state index contributed by atoms with van der Waals surface area (Å²) in [6.07, 6.45) is 7.93. The molecule has 4 nitrogen and oxygen atoms in total. The summed E-state index contributed by atoms with van der Waals surface area (Å²) in [4.78, 5) is 22.8. The number of hydrogen-bond donors (Lipinski definition) is 1. The summed E-state index contributed by atoms with van der Waals surface area (Å²) < 4.78 is 4.67. The van der Waals surface area contributed by atoms with Crippen molar-refractivity contribution < 1.29 is 14.3 Å². The van der Waals surface area contributed by atoms with E-state index in [1.165, 1.54) is 7.11 Å². The highest BCUT2D eigenvalue weighted by atomic mass is 16.5. The van der Waals surface area contributed by atoms with Gasteiger partial charge in [0, 0.05) is 12.5 Å². The van der Waals surface area contributed by atoms with Gasteiger partial charge in [0.05, 0.1) is 13.5 Å². The molecule has 0 aliphatic carbocycles. The molecule has 2 rings (SSSR count). The van der Waals surface area contributed by atoms with Crippen LogP contribution < -0.4 is 5.32 Å². The van der Waals surface area contributed by atoms with Gasteiger partial charge in [-0.05, 0) is 24.0 Å². The summed E-state index contributed by atoms with van der Waals surface area (Å²) in [5, 5.41) is 3.01. The lowest BCUT2D eigenvalue weighted by Crippen LogP contribution is -2.30. The van der Waals surface area contributed by atoms with Gasteiger partial charge >= 0.3 is 5.97 Å². The molecule has 4 heteroatoms. The van der Waals surface area contributed by atoms with Crippen LogP contribution >= 0.6 is 0 Å². The maximum absolute atomic E-state index is 11.5. The standard InChI is InChI=1S/C17H21NO3/c1-21-17(20)12-14-6-4-5-13(11-14)9-10-15-7-2-3-8-16(19)18-15/h4-6,9-11,15H,2-3,7-8,12H2,1H3,(H,18,19)/b10-9-. The summed E-state index contributed by atoms with van der Waals surface area (Å²) >= 11 is 0. The third-order valence-electron chi connectivity index (χ3n) is 3.56. The fourth-order valence-corrected chi connectivity index (χ4v) is 2.42. The van der Waals surface area contributed by atoms with E-state index in [1.54, 1.807) is 0 Å². The van der Waals surface area contributed by atoms with Crippen molar-refractivity contribution in [2.45, 2.75) is 38.1 Å². The number of esters is 1. The van der Waals surface area contributed by atoms with Gasteiger partial charge in [0.1, 0.15) is 0 Å². The summed E-state index contributed by atoms with van der Waals surface area (Å²) in [6.45, 7) is 0. The minimum absolute atomic E-state index is 0.101. The van der Waals surface area contributed by atoms with Gasteiger partial charge in [0.15, 0.2) is 0 Å². The van der Waals surface area contributed by atoms with Crippen LogP contribution in [0.3, 0.4) is 0 Å². The van der Waals surface area contributed by atoms with Crippen molar-refractivity contribution in [2.24, 2.45) is 0 Å². The molecule has 1 fully saturated rings. The second kappa shape index (κ2) is 7.62. The van der Waals surface area contributed by atoms with Crippen LogP contribution in [-0.2, 0) is 20.7 Å². The van der Waals surface area contributed by atoms with Crippen molar-refractivity contribution in [1.29, 1.82) is 0 Å². The maximum Gasteiger partial charge on any atom is 0.309 e. The molecule has 0 spiro atoms. The van der Waals surface area contributed by atoms with E-state index in [0.717, 1.165) is 30.4 Å². The molecule has 1 aromatic carbocycles. The topological polar surface area (TPSA) is 55.4 Å².